The summed E-state index contributed by atoms with van der Waals surface area (Å²) < 4.78 is 0. The predicted octanol–water partition coefficient (Wildman–Crippen LogP) is 1.15. The monoisotopic (exact) mass is 266 g/mol. The molecule has 1 fully saturated rings. The van der Waals surface area contributed by atoms with Crippen molar-refractivity contribution in [3.63, 3.8) is 0 Å². The summed E-state index contributed by atoms with van der Waals surface area (Å²) in [6, 6.07) is 0. The first-order chi connectivity index (χ1) is 9.04. The summed E-state index contributed by atoms with van der Waals surface area (Å²) >= 11 is 0. The number of nitrogens with zero attached hydrogens (tertiary/aromatic N) is 4. The first-order valence-electron chi connectivity index (χ1n) is 6.25. The van der Waals surface area contributed by atoms with E-state index in [1.807, 2.05) is 4.90 Å². The summed E-state index contributed by atoms with van der Waals surface area (Å²) in [6.45, 7) is 5.87. The fourth-order valence-electron chi connectivity index (χ4n) is 2.40. The van der Waals surface area contributed by atoms with E-state index in [0.29, 0.717) is 17.7 Å². The van der Waals surface area contributed by atoms with Gasteiger partial charge in [-0.25, -0.2) is 15.8 Å². The van der Waals surface area contributed by atoms with Gasteiger partial charge in [-0.2, -0.15) is 0 Å². The number of nitrogens with one attached hydrogen (secondary N) is 1. The van der Waals surface area contributed by atoms with E-state index in [1.165, 1.54) is 6.33 Å². The molecule has 0 aliphatic carbocycles. The third-order valence-corrected chi connectivity index (χ3v) is 3.59. The Bertz CT molecular complexity index is 478. The second-order valence-electron chi connectivity index (χ2n) is 5.03. The number of anilines is 2. The minimum Gasteiger partial charge on any atom is -0.350 e. The molecule has 2 rings (SSSR count). The Labute approximate surface area is 111 Å². The molecule has 19 heavy (non-hydrogen) atoms. The van der Waals surface area contributed by atoms with E-state index in [-0.39, 0.29) is 11.5 Å². The largest absolute Gasteiger partial charge is 0.354 e. The van der Waals surface area contributed by atoms with Gasteiger partial charge in [0.25, 0.3) is 0 Å². The van der Waals surface area contributed by atoms with Gasteiger partial charge in [-0.15, -0.1) is 0 Å². The van der Waals surface area contributed by atoms with Gasteiger partial charge in [-0.1, -0.05) is 13.8 Å². The Morgan fingerprint density at radius 2 is 2.32 bits per heavy atom. The summed E-state index contributed by atoms with van der Waals surface area (Å²) in [7, 11) is 0. The van der Waals surface area contributed by atoms with Crippen molar-refractivity contribution < 1.29 is 4.92 Å². The second-order valence-corrected chi connectivity index (χ2v) is 5.03. The van der Waals surface area contributed by atoms with Crippen LogP contribution in [0.1, 0.15) is 20.3 Å². The maximum atomic E-state index is 11.2. The van der Waals surface area contributed by atoms with Crippen molar-refractivity contribution in [1.82, 2.24) is 9.97 Å². The van der Waals surface area contributed by atoms with Crippen molar-refractivity contribution in [3.8, 4) is 0 Å². The van der Waals surface area contributed by atoms with E-state index < -0.39 is 4.92 Å². The van der Waals surface area contributed by atoms with E-state index in [4.69, 9.17) is 5.84 Å². The number of nitro groups is 1. The summed E-state index contributed by atoms with van der Waals surface area (Å²) in [5.41, 5.74) is 2.10. The van der Waals surface area contributed by atoms with Gasteiger partial charge in [0, 0.05) is 13.1 Å². The molecule has 1 aliphatic rings. The van der Waals surface area contributed by atoms with E-state index in [2.05, 4.69) is 29.2 Å². The van der Waals surface area contributed by atoms with Crippen molar-refractivity contribution in [3.05, 3.63) is 16.4 Å². The molecule has 3 N–H and O–H groups in total. The fourth-order valence-corrected chi connectivity index (χ4v) is 2.40. The number of rotatable bonds is 4. The zero-order chi connectivity index (χ0) is 14.0. The Hall–Kier alpha value is -1.96. The highest BCUT2D eigenvalue weighted by atomic mass is 16.6. The summed E-state index contributed by atoms with van der Waals surface area (Å²) in [5.74, 6) is 6.74. The highest BCUT2D eigenvalue weighted by Crippen LogP contribution is 2.35. The van der Waals surface area contributed by atoms with Gasteiger partial charge in [-0.3, -0.25) is 10.1 Å². The van der Waals surface area contributed by atoms with Crippen LogP contribution >= 0.6 is 0 Å². The van der Waals surface area contributed by atoms with Crippen LogP contribution in [0.15, 0.2) is 6.33 Å². The van der Waals surface area contributed by atoms with Crippen LogP contribution in [0.5, 0.6) is 0 Å². The van der Waals surface area contributed by atoms with Crippen molar-refractivity contribution in [2.24, 2.45) is 17.7 Å². The molecule has 1 aliphatic heterocycles. The Morgan fingerprint density at radius 1 is 1.58 bits per heavy atom. The molecule has 1 atom stereocenters. The Balaban J connectivity index is 2.33. The SMILES string of the molecule is CC(C)C1CCN(c2ncnc(NN)c2[N+](=O)[O-])C1. The maximum Gasteiger partial charge on any atom is 0.354 e. The lowest BCUT2D eigenvalue weighted by Gasteiger charge is -2.19. The highest BCUT2D eigenvalue weighted by molar-refractivity contribution is 5.70. The average molecular weight is 266 g/mol. The Morgan fingerprint density at radius 3 is 2.84 bits per heavy atom. The van der Waals surface area contributed by atoms with E-state index >= 15 is 0 Å². The van der Waals surface area contributed by atoms with Gasteiger partial charge < -0.3 is 10.3 Å². The molecule has 1 aromatic heterocycles. The van der Waals surface area contributed by atoms with Gasteiger partial charge >= 0.3 is 5.69 Å². The summed E-state index contributed by atoms with van der Waals surface area (Å²) in [4.78, 5) is 20.5. The first-order valence-corrected chi connectivity index (χ1v) is 6.25. The minimum atomic E-state index is -0.493. The number of aromatic nitrogens is 2. The second kappa shape index (κ2) is 5.35. The molecule has 8 nitrogen and oxygen atoms in total. The maximum absolute atomic E-state index is 11.2. The average Bonchev–Trinajstić information content (AvgIpc) is 2.87. The molecule has 1 unspecified atom stereocenters. The predicted molar refractivity (Wildman–Crippen MR) is 71.7 cm³/mol. The van der Waals surface area contributed by atoms with Gasteiger partial charge in [0.05, 0.1) is 4.92 Å². The smallest absolute Gasteiger partial charge is 0.350 e. The molecule has 2 heterocycles. The highest BCUT2D eigenvalue weighted by Gasteiger charge is 2.32. The molecule has 0 saturated carbocycles. The lowest BCUT2D eigenvalue weighted by Crippen LogP contribution is -2.24. The van der Waals surface area contributed by atoms with Crippen molar-refractivity contribution in [1.29, 1.82) is 0 Å². The minimum absolute atomic E-state index is 0.0444. The molecule has 0 amide bonds. The lowest BCUT2D eigenvalue weighted by atomic mass is 9.95. The van der Waals surface area contributed by atoms with Crippen LogP contribution in [0, 0.1) is 22.0 Å². The van der Waals surface area contributed by atoms with Crippen LogP contribution in [-0.4, -0.2) is 28.0 Å². The van der Waals surface area contributed by atoms with Gasteiger partial charge in [0.2, 0.25) is 11.6 Å². The topological polar surface area (TPSA) is 110 Å². The molecule has 8 heteroatoms. The van der Waals surface area contributed by atoms with Crippen LogP contribution in [0.3, 0.4) is 0 Å². The van der Waals surface area contributed by atoms with Gasteiger partial charge in [-0.05, 0) is 18.3 Å². The molecule has 104 valence electrons. The van der Waals surface area contributed by atoms with Crippen molar-refractivity contribution >= 4 is 17.3 Å². The van der Waals surface area contributed by atoms with Crippen LogP contribution in [0.4, 0.5) is 17.3 Å². The van der Waals surface area contributed by atoms with E-state index in [0.717, 1.165) is 19.5 Å². The Kier molecular flexibility index (Phi) is 3.79. The first kappa shape index (κ1) is 13.5. The summed E-state index contributed by atoms with van der Waals surface area (Å²) in [6.07, 6.45) is 2.31. The number of hydrogen-bond acceptors (Lipinski definition) is 7. The number of nitrogen functional groups attached to an aromatic ring is 1. The standard InChI is InChI=1S/C11H18N6O2/c1-7(2)8-3-4-16(5-8)11-9(17(18)19)10(15-12)13-6-14-11/h6-8H,3-5,12H2,1-2H3,(H,13,14,15). The number of hydrogen-bond donors (Lipinski definition) is 2. The van der Waals surface area contributed by atoms with Crippen LogP contribution in [0.25, 0.3) is 0 Å². The quantitative estimate of drug-likeness (QED) is 0.477. The molecule has 0 bridgehead atoms. The molecule has 0 aromatic carbocycles. The lowest BCUT2D eigenvalue weighted by molar-refractivity contribution is -0.383. The fraction of sp³-hybridized carbons (Fsp3) is 0.636. The zero-order valence-corrected chi connectivity index (χ0v) is 11.0. The summed E-state index contributed by atoms with van der Waals surface area (Å²) in [5, 5.41) is 11.2. The third kappa shape index (κ3) is 2.58. The molecule has 0 spiro atoms. The molecule has 1 saturated heterocycles. The van der Waals surface area contributed by atoms with Crippen molar-refractivity contribution in [2.75, 3.05) is 23.4 Å². The zero-order valence-electron chi connectivity index (χ0n) is 11.0. The van der Waals surface area contributed by atoms with Crippen LogP contribution in [0.2, 0.25) is 0 Å². The molecule has 1 aromatic rings. The van der Waals surface area contributed by atoms with Gasteiger partial charge in [0.1, 0.15) is 6.33 Å². The van der Waals surface area contributed by atoms with Crippen LogP contribution < -0.4 is 16.2 Å². The van der Waals surface area contributed by atoms with Gasteiger partial charge in [0.15, 0.2) is 0 Å². The number of nitrogens with two attached hydrogens (primary N) is 1. The third-order valence-electron chi connectivity index (χ3n) is 3.59. The molecular weight excluding hydrogens is 248 g/mol. The number of hydrazine groups is 1. The van der Waals surface area contributed by atoms with E-state index in [9.17, 15) is 10.1 Å². The van der Waals surface area contributed by atoms with Crippen molar-refractivity contribution in [2.45, 2.75) is 20.3 Å². The normalized spacial score (nSPS) is 18.9. The molecular formula is C11H18N6O2. The van der Waals surface area contributed by atoms with E-state index in [1.54, 1.807) is 0 Å². The van der Waals surface area contributed by atoms with Crippen LogP contribution in [-0.2, 0) is 0 Å². The molecule has 0 radical (unpaired) electrons.